The summed E-state index contributed by atoms with van der Waals surface area (Å²) < 4.78 is 7.38. The molecule has 0 aliphatic heterocycles. The van der Waals surface area contributed by atoms with Crippen molar-refractivity contribution in [2.45, 2.75) is 0 Å². The minimum absolute atomic E-state index is 0.646. The number of ether oxygens (including phenoxy) is 1. The molecule has 120 valence electrons. The predicted octanol–water partition coefficient (Wildman–Crippen LogP) is 4.55. The lowest BCUT2D eigenvalue weighted by atomic mass is 10.1. The Bertz CT molecular complexity index is 1070. The summed E-state index contributed by atoms with van der Waals surface area (Å²) in [5.74, 6) is 0.828. The van der Waals surface area contributed by atoms with Gasteiger partial charge in [-0.15, -0.1) is 0 Å². The molecule has 2 aromatic heterocycles. The summed E-state index contributed by atoms with van der Waals surface area (Å²) >= 11 is 0. The topological polar surface area (TPSA) is 50.3 Å². The number of rotatable bonds is 3. The molecule has 0 saturated heterocycles. The molecule has 0 saturated carbocycles. The van der Waals surface area contributed by atoms with Gasteiger partial charge in [-0.1, -0.05) is 18.2 Å². The van der Waals surface area contributed by atoms with E-state index in [-0.39, 0.29) is 0 Å². The van der Waals surface area contributed by atoms with Crippen LogP contribution in [0.1, 0.15) is 5.56 Å². The monoisotopic (exact) mass is 325 g/mol. The lowest BCUT2D eigenvalue weighted by Gasteiger charge is -2.10. The fraction of sp³-hybridized carbons (Fsp3) is 0.0476. The molecule has 0 bridgehead atoms. The minimum Gasteiger partial charge on any atom is -0.497 e. The minimum atomic E-state index is 0.646. The van der Waals surface area contributed by atoms with E-state index in [1.54, 1.807) is 7.11 Å². The molecule has 4 nitrogen and oxygen atoms in total. The zero-order valence-corrected chi connectivity index (χ0v) is 13.7. The van der Waals surface area contributed by atoms with Crippen molar-refractivity contribution < 1.29 is 4.74 Å². The van der Waals surface area contributed by atoms with Crippen LogP contribution in [0.15, 0.2) is 72.9 Å². The van der Waals surface area contributed by atoms with E-state index >= 15 is 0 Å². The van der Waals surface area contributed by atoms with Crippen LogP contribution in [0.2, 0.25) is 0 Å². The Balaban J connectivity index is 1.90. The van der Waals surface area contributed by atoms with E-state index in [2.05, 4.69) is 21.5 Å². The largest absolute Gasteiger partial charge is 0.497 e. The van der Waals surface area contributed by atoms with Crippen LogP contribution in [-0.4, -0.2) is 16.5 Å². The molecule has 0 fully saturated rings. The van der Waals surface area contributed by atoms with Gasteiger partial charge < -0.3 is 4.74 Å². The number of nitriles is 1. The Morgan fingerprint density at radius 1 is 0.880 bits per heavy atom. The van der Waals surface area contributed by atoms with Crippen molar-refractivity contribution in [3.8, 4) is 34.3 Å². The highest BCUT2D eigenvalue weighted by Gasteiger charge is 2.11. The molecule has 0 amide bonds. The van der Waals surface area contributed by atoms with Gasteiger partial charge in [0.25, 0.3) is 0 Å². The molecule has 4 aromatic rings. The van der Waals surface area contributed by atoms with E-state index < -0.39 is 0 Å². The maximum absolute atomic E-state index is 8.99. The van der Waals surface area contributed by atoms with Crippen molar-refractivity contribution in [1.29, 1.82) is 5.26 Å². The average molecular weight is 325 g/mol. The first kappa shape index (κ1) is 15.0. The van der Waals surface area contributed by atoms with Gasteiger partial charge in [0.2, 0.25) is 0 Å². The fourth-order valence-electron chi connectivity index (χ4n) is 2.94. The van der Waals surface area contributed by atoms with Gasteiger partial charge in [0, 0.05) is 5.56 Å². The van der Waals surface area contributed by atoms with E-state index in [1.807, 2.05) is 66.9 Å². The highest BCUT2D eigenvalue weighted by molar-refractivity contribution is 5.72. The summed E-state index contributed by atoms with van der Waals surface area (Å²) in [6.07, 6.45) is 1.86. The zero-order valence-electron chi connectivity index (χ0n) is 13.7. The van der Waals surface area contributed by atoms with Crippen LogP contribution in [-0.2, 0) is 0 Å². The first-order chi connectivity index (χ1) is 12.3. The Labute approximate surface area is 145 Å². The highest BCUT2D eigenvalue weighted by atomic mass is 16.5. The van der Waals surface area contributed by atoms with Crippen LogP contribution in [0, 0.1) is 11.3 Å². The Morgan fingerprint density at radius 2 is 1.56 bits per heavy atom. The van der Waals surface area contributed by atoms with Gasteiger partial charge in [-0.25, -0.2) is 4.98 Å². The number of hydrogen-bond donors (Lipinski definition) is 0. The number of nitrogens with zero attached hydrogens (tertiary/aromatic N) is 3. The fourth-order valence-corrected chi connectivity index (χ4v) is 2.94. The van der Waals surface area contributed by atoms with Gasteiger partial charge in [-0.3, -0.25) is 4.40 Å². The smallest absolute Gasteiger partial charge is 0.137 e. The number of methoxy groups -OCH3 is 1. The third-order valence-electron chi connectivity index (χ3n) is 4.22. The van der Waals surface area contributed by atoms with E-state index in [1.165, 1.54) is 0 Å². The van der Waals surface area contributed by atoms with Crippen molar-refractivity contribution in [3.05, 3.63) is 78.5 Å². The Kier molecular flexibility index (Phi) is 3.68. The molecule has 0 spiro atoms. The van der Waals surface area contributed by atoms with Crippen LogP contribution in [0.3, 0.4) is 0 Å². The molecule has 0 aliphatic carbocycles. The van der Waals surface area contributed by atoms with Crippen LogP contribution < -0.4 is 4.74 Å². The van der Waals surface area contributed by atoms with E-state index in [4.69, 9.17) is 10.00 Å². The number of hydrogen-bond acceptors (Lipinski definition) is 3. The molecular formula is C21H15N3O. The molecule has 25 heavy (non-hydrogen) atoms. The second-order valence-electron chi connectivity index (χ2n) is 5.67. The number of pyridine rings is 1. The summed E-state index contributed by atoms with van der Waals surface area (Å²) in [4.78, 5) is 4.53. The molecule has 0 unspecified atom stereocenters. The lowest BCUT2D eigenvalue weighted by molar-refractivity contribution is 0.415. The number of aromatic nitrogens is 2. The van der Waals surface area contributed by atoms with Crippen LogP contribution in [0.25, 0.3) is 28.2 Å². The number of benzene rings is 2. The zero-order chi connectivity index (χ0) is 17.2. The molecular weight excluding hydrogens is 310 g/mol. The molecule has 0 aliphatic rings. The van der Waals surface area contributed by atoms with Gasteiger partial charge in [0.15, 0.2) is 0 Å². The molecule has 2 aromatic carbocycles. The number of fused-ring (bicyclic) bond motifs is 1. The predicted molar refractivity (Wildman–Crippen MR) is 97.3 cm³/mol. The van der Waals surface area contributed by atoms with E-state index in [0.717, 1.165) is 33.9 Å². The third-order valence-corrected chi connectivity index (χ3v) is 4.22. The molecule has 0 atom stereocenters. The SMILES string of the molecule is COc1ccc(-c2cccc3ncc(-c4ccc(C#N)cc4)n23)cc1. The second-order valence-corrected chi connectivity index (χ2v) is 5.67. The quantitative estimate of drug-likeness (QED) is 0.555. The molecule has 0 N–H and O–H groups in total. The maximum Gasteiger partial charge on any atom is 0.137 e. The first-order valence-electron chi connectivity index (χ1n) is 7.91. The van der Waals surface area contributed by atoms with Gasteiger partial charge in [0.1, 0.15) is 11.4 Å². The third kappa shape index (κ3) is 2.62. The Morgan fingerprint density at radius 3 is 2.24 bits per heavy atom. The summed E-state index contributed by atoms with van der Waals surface area (Å²) in [7, 11) is 1.66. The molecule has 2 heterocycles. The highest BCUT2D eigenvalue weighted by Crippen LogP contribution is 2.29. The van der Waals surface area contributed by atoms with Crippen LogP contribution >= 0.6 is 0 Å². The van der Waals surface area contributed by atoms with Gasteiger partial charge in [-0.05, 0) is 54.1 Å². The maximum atomic E-state index is 8.99. The van der Waals surface area contributed by atoms with Crippen molar-refractivity contribution in [1.82, 2.24) is 9.38 Å². The van der Waals surface area contributed by atoms with Gasteiger partial charge in [-0.2, -0.15) is 5.26 Å². The Hall–Kier alpha value is -3.58. The van der Waals surface area contributed by atoms with E-state index in [9.17, 15) is 0 Å². The second kappa shape index (κ2) is 6.14. The number of imidazole rings is 1. The van der Waals surface area contributed by atoms with Gasteiger partial charge in [0.05, 0.1) is 36.3 Å². The summed E-state index contributed by atoms with van der Waals surface area (Å²) in [6, 6.07) is 23.7. The van der Waals surface area contributed by atoms with Crippen molar-refractivity contribution in [2.24, 2.45) is 0 Å². The lowest BCUT2D eigenvalue weighted by Crippen LogP contribution is -1.94. The first-order valence-corrected chi connectivity index (χ1v) is 7.91. The van der Waals surface area contributed by atoms with Gasteiger partial charge >= 0.3 is 0 Å². The average Bonchev–Trinajstić information content (AvgIpc) is 3.12. The summed E-state index contributed by atoms with van der Waals surface area (Å²) in [6.45, 7) is 0. The van der Waals surface area contributed by atoms with Crippen LogP contribution in [0.4, 0.5) is 0 Å². The van der Waals surface area contributed by atoms with Crippen molar-refractivity contribution in [3.63, 3.8) is 0 Å². The molecule has 4 rings (SSSR count). The normalized spacial score (nSPS) is 10.6. The van der Waals surface area contributed by atoms with Crippen molar-refractivity contribution in [2.75, 3.05) is 7.11 Å². The molecule has 0 radical (unpaired) electrons. The summed E-state index contributed by atoms with van der Waals surface area (Å²) in [5, 5.41) is 8.99. The molecule has 4 heteroatoms. The standard InChI is InChI=1S/C21H15N3O/c1-25-18-11-9-16(10-12-18)19-3-2-4-21-23-14-20(24(19)21)17-7-5-15(13-22)6-8-17/h2-12,14H,1H3. The summed E-state index contributed by atoms with van der Waals surface area (Å²) in [5.41, 5.74) is 5.68. The van der Waals surface area contributed by atoms with E-state index in [0.29, 0.717) is 5.56 Å². The van der Waals surface area contributed by atoms with Crippen LogP contribution in [0.5, 0.6) is 5.75 Å². The van der Waals surface area contributed by atoms with Crippen molar-refractivity contribution >= 4 is 5.65 Å².